The molecule has 1 saturated heterocycles. The smallest absolute Gasteiger partial charge is 0.225 e. The van der Waals surface area contributed by atoms with Crippen molar-refractivity contribution in [3.63, 3.8) is 0 Å². The van der Waals surface area contributed by atoms with Crippen LogP contribution in [0.15, 0.2) is 29.3 Å². The van der Waals surface area contributed by atoms with Crippen LogP contribution in [0.4, 0.5) is 0 Å². The number of nitrogens with one attached hydrogen (secondary N) is 2. The molecule has 0 radical (unpaired) electrons. The topological polar surface area (TPSA) is 69.2 Å². The summed E-state index contributed by atoms with van der Waals surface area (Å²) in [5.41, 5.74) is 1.23. The van der Waals surface area contributed by atoms with Gasteiger partial charge in [0, 0.05) is 52.2 Å². The van der Waals surface area contributed by atoms with Crippen LogP contribution in [0.5, 0.6) is 5.75 Å². The lowest BCUT2D eigenvalue weighted by molar-refractivity contribution is -0.139. The molecule has 0 spiro atoms. The first-order valence-electron chi connectivity index (χ1n) is 10.8. The predicted octanol–water partition coefficient (Wildman–Crippen LogP) is 2.10. The fraction of sp³-hybridized carbons (Fsp3) is 0.636. The first kappa shape index (κ1) is 24.7. The molecule has 3 rings (SSSR count). The van der Waals surface area contributed by atoms with Crippen molar-refractivity contribution < 1.29 is 9.53 Å². The average molecular weight is 529 g/mol. The predicted molar refractivity (Wildman–Crippen MR) is 132 cm³/mol. The number of amides is 1. The van der Waals surface area contributed by atoms with Crippen LogP contribution in [0.3, 0.4) is 0 Å². The molecular weight excluding hydrogens is 493 g/mol. The van der Waals surface area contributed by atoms with Crippen molar-refractivity contribution in [2.45, 2.75) is 26.2 Å². The normalized spacial score (nSPS) is 17.7. The highest BCUT2D eigenvalue weighted by atomic mass is 127. The van der Waals surface area contributed by atoms with Gasteiger partial charge in [-0.05, 0) is 31.9 Å². The van der Waals surface area contributed by atoms with Crippen LogP contribution in [0.25, 0.3) is 0 Å². The summed E-state index contributed by atoms with van der Waals surface area (Å²) in [6.07, 6.45) is 3.39. The number of carbonyl (C=O) groups is 1. The lowest BCUT2D eigenvalue weighted by atomic mass is 9.84. The van der Waals surface area contributed by atoms with Crippen LogP contribution < -0.4 is 15.4 Å². The van der Waals surface area contributed by atoms with Gasteiger partial charge in [0.25, 0.3) is 0 Å². The molecule has 0 unspecified atom stereocenters. The SMILES string of the molecule is CN=C(NCCOc1ccc(C)cc1)NCCN1CCN(C(=O)C2CCC2)CC1.I. The standard InChI is InChI=1S/C22H35N5O2.HI/c1-18-6-8-20(9-7-18)29-17-11-25-22(23-2)24-10-12-26-13-15-27(16-14-26)21(28)19-4-3-5-19;/h6-9,19H,3-5,10-17H2,1-2H3,(H2,23,24,25);1H. The van der Waals surface area contributed by atoms with Crippen LogP contribution in [0.1, 0.15) is 24.8 Å². The maximum atomic E-state index is 12.3. The number of carbonyl (C=O) groups excluding carboxylic acids is 1. The largest absolute Gasteiger partial charge is 0.492 e. The van der Waals surface area contributed by atoms with Crippen molar-refractivity contribution in [1.29, 1.82) is 0 Å². The molecule has 30 heavy (non-hydrogen) atoms. The van der Waals surface area contributed by atoms with E-state index in [4.69, 9.17) is 4.74 Å². The summed E-state index contributed by atoms with van der Waals surface area (Å²) in [5, 5.41) is 6.63. The van der Waals surface area contributed by atoms with E-state index >= 15 is 0 Å². The van der Waals surface area contributed by atoms with E-state index < -0.39 is 0 Å². The van der Waals surface area contributed by atoms with Crippen LogP contribution >= 0.6 is 24.0 Å². The summed E-state index contributed by atoms with van der Waals surface area (Å²) < 4.78 is 5.73. The van der Waals surface area contributed by atoms with E-state index in [-0.39, 0.29) is 24.0 Å². The van der Waals surface area contributed by atoms with Crippen molar-refractivity contribution in [1.82, 2.24) is 20.4 Å². The minimum Gasteiger partial charge on any atom is -0.492 e. The van der Waals surface area contributed by atoms with Gasteiger partial charge in [-0.15, -0.1) is 24.0 Å². The molecule has 2 aliphatic rings. The van der Waals surface area contributed by atoms with Gasteiger partial charge in [-0.1, -0.05) is 24.1 Å². The summed E-state index contributed by atoms with van der Waals surface area (Å²) >= 11 is 0. The van der Waals surface area contributed by atoms with Gasteiger partial charge in [0.05, 0.1) is 6.54 Å². The molecule has 8 heteroatoms. The van der Waals surface area contributed by atoms with Crippen molar-refractivity contribution in [2.75, 3.05) is 59.5 Å². The summed E-state index contributed by atoms with van der Waals surface area (Å²) in [5.74, 6) is 2.37. The van der Waals surface area contributed by atoms with Crippen molar-refractivity contribution in [3.8, 4) is 5.75 Å². The van der Waals surface area contributed by atoms with E-state index in [0.29, 0.717) is 25.0 Å². The molecule has 168 valence electrons. The van der Waals surface area contributed by atoms with Crippen LogP contribution in [-0.4, -0.2) is 81.1 Å². The van der Waals surface area contributed by atoms with E-state index in [1.165, 1.54) is 12.0 Å². The van der Waals surface area contributed by atoms with Gasteiger partial charge in [-0.3, -0.25) is 14.7 Å². The van der Waals surface area contributed by atoms with Crippen LogP contribution in [0.2, 0.25) is 0 Å². The third-order valence-electron chi connectivity index (χ3n) is 5.77. The molecule has 7 nitrogen and oxygen atoms in total. The molecule has 1 heterocycles. The highest BCUT2D eigenvalue weighted by molar-refractivity contribution is 14.0. The maximum Gasteiger partial charge on any atom is 0.225 e. The Morgan fingerprint density at radius 2 is 1.77 bits per heavy atom. The van der Waals surface area contributed by atoms with Gasteiger partial charge < -0.3 is 20.3 Å². The molecule has 0 atom stereocenters. The fourth-order valence-corrected chi connectivity index (χ4v) is 3.63. The number of guanidine groups is 1. The fourth-order valence-electron chi connectivity index (χ4n) is 3.63. The minimum atomic E-state index is 0. The molecule has 1 saturated carbocycles. The molecule has 1 amide bonds. The van der Waals surface area contributed by atoms with Crippen LogP contribution in [-0.2, 0) is 4.79 Å². The Balaban J connectivity index is 0.00000320. The minimum absolute atomic E-state index is 0. The molecule has 0 bridgehead atoms. The van der Waals surface area contributed by atoms with Gasteiger partial charge in [0.1, 0.15) is 12.4 Å². The number of hydrogen-bond acceptors (Lipinski definition) is 4. The van der Waals surface area contributed by atoms with E-state index in [1.54, 1.807) is 7.05 Å². The van der Waals surface area contributed by atoms with Gasteiger partial charge in [0.2, 0.25) is 5.91 Å². The summed E-state index contributed by atoms with van der Waals surface area (Å²) in [7, 11) is 1.78. The quantitative estimate of drug-likeness (QED) is 0.234. The van der Waals surface area contributed by atoms with E-state index in [9.17, 15) is 4.79 Å². The molecule has 1 aliphatic carbocycles. The Bertz CT molecular complexity index is 671. The highest BCUT2D eigenvalue weighted by Crippen LogP contribution is 2.28. The maximum absolute atomic E-state index is 12.3. The number of hydrogen-bond donors (Lipinski definition) is 2. The zero-order chi connectivity index (χ0) is 20.5. The monoisotopic (exact) mass is 529 g/mol. The third-order valence-corrected chi connectivity index (χ3v) is 5.77. The zero-order valence-electron chi connectivity index (χ0n) is 18.2. The Morgan fingerprint density at radius 1 is 1.10 bits per heavy atom. The number of halogens is 1. The summed E-state index contributed by atoms with van der Waals surface area (Å²) in [6.45, 7) is 8.75. The number of rotatable bonds is 8. The molecule has 1 aromatic carbocycles. The Kier molecular flexibility index (Phi) is 10.7. The van der Waals surface area contributed by atoms with Gasteiger partial charge in [-0.25, -0.2) is 0 Å². The van der Waals surface area contributed by atoms with Crippen molar-refractivity contribution in [2.24, 2.45) is 10.9 Å². The van der Waals surface area contributed by atoms with E-state index in [0.717, 1.165) is 63.8 Å². The van der Waals surface area contributed by atoms with Crippen molar-refractivity contribution in [3.05, 3.63) is 29.8 Å². The van der Waals surface area contributed by atoms with E-state index in [2.05, 4.69) is 32.3 Å². The number of ether oxygens (including phenoxy) is 1. The second-order valence-electron chi connectivity index (χ2n) is 7.88. The molecule has 0 aromatic heterocycles. The number of nitrogens with zero attached hydrogens (tertiary/aromatic N) is 3. The first-order valence-corrected chi connectivity index (χ1v) is 10.8. The summed E-state index contributed by atoms with van der Waals surface area (Å²) in [6, 6.07) is 8.07. The average Bonchev–Trinajstić information content (AvgIpc) is 2.70. The Labute approximate surface area is 197 Å². The molecule has 1 aliphatic heterocycles. The number of piperazine rings is 1. The highest BCUT2D eigenvalue weighted by Gasteiger charge is 2.30. The number of benzene rings is 1. The molecule has 2 N–H and O–H groups in total. The van der Waals surface area contributed by atoms with Gasteiger partial charge in [-0.2, -0.15) is 0 Å². The van der Waals surface area contributed by atoms with Gasteiger partial charge >= 0.3 is 0 Å². The lowest BCUT2D eigenvalue weighted by Gasteiger charge is -2.38. The molecule has 1 aromatic rings. The summed E-state index contributed by atoms with van der Waals surface area (Å²) in [4.78, 5) is 21.1. The zero-order valence-corrected chi connectivity index (χ0v) is 20.6. The second-order valence-corrected chi connectivity index (χ2v) is 7.88. The third kappa shape index (κ3) is 7.61. The first-order chi connectivity index (χ1) is 14.2. The Morgan fingerprint density at radius 3 is 2.37 bits per heavy atom. The lowest BCUT2D eigenvalue weighted by Crippen LogP contribution is -2.52. The van der Waals surface area contributed by atoms with Crippen LogP contribution in [0, 0.1) is 12.8 Å². The Hall–Kier alpha value is -1.55. The van der Waals surface area contributed by atoms with Crippen molar-refractivity contribution >= 4 is 35.8 Å². The molecular formula is C22H36IN5O2. The number of aryl methyl sites for hydroxylation is 1. The number of aliphatic imine (C=N–C) groups is 1. The second kappa shape index (κ2) is 13.0. The van der Waals surface area contributed by atoms with Gasteiger partial charge in [0.15, 0.2) is 5.96 Å². The molecule has 2 fully saturated rings. The van der Waals surface area contributed by atoms with E-state index in [1.807, 2.05) is 24.3 Å².